The Kier molecular flexibility index (Phi) is 4.24. The lowest BCUT2D eigenvalue weighted by molar-refractivity contribution is -0.115. The van der Waals surface area contributed by atoms with E-state index in [2.05, 4.69) is 45.0 Å². The van der Waals surface area contributed by atoms with Crippen LogP contribution >= 0.6 is 0 Å². The van der Waals surface area contributed by atoms with E-state index < -0.39 is 0 Å². The molecule has 6 nitrogen and oxygen atoms in total. The van der Waals surface area contributed by atoms with Crippen molar-refractivity contribution in [3.8, 4) is 0 Å². The van der Waals surface area contributed by atoms with Crippen molar-refractivity contribution in [3.63, 3.8) is 0 Å². The Morgan fingerprint density at radius 2 is 2.29 bits per heavy atom. The molecule has 6 heteroatoms. The van der Waals surface area contributed by atoms with Gasteiger partial charge in [0.25, 0.3) is 5.91 Å². The predicted octanol–water partition coefficient (Wildman–Crippen LogP) is 0.885. The monoisotopic (exact) mass is 328 g/mol. The molecule has 2 atom stereocenters. The summed E-state index contributed by atoms with van der Waals surface area (Å²) in [5.74, 6) is -0.0645. The van der Waals surface area contributed by atoms with Crippen molar-refractivity contribution in [1.82, 2.24) is 15.5 Å². The van der Waals surface area contributed by atoms with Gasteiger partial charge in [0.05, 0.1) is 0 Å². The highest BCUT2D eigenvalue weighted by molar-refractivity contribution is 6.39. The van der Waals surface area contributed by atoms with Gasteiger partial charge in [-0.2, -0.15) is 0 Å². The molecule has 0 aromatic heterocycles. The molecule has 1 unspecified atom stereocenters. The van der Waals surface area contributed by atoms with Gasteiger partial charge in [-0.05, 0) is 18.5 Å². The molecule has 3 heterocycles. The summed E-state index contributed by atoms with van der Waals surface area (Å²) in [5, 5.41) is 10.5. The smallest absolute Gasteiger partial charge is 0.269 e. The van der Waals surface area contributed by atoms with Gasteiger partial charge in [-0.1, -0.05) is 35.5 Å². The first-order valence-corrected chi connectivity index (χ1v) is 8.75. The summed E-state index contributed by atoms with van der Waals surface area (Å²) < 4.78 is 0. The molecule has 2 fully saturated rings. The molecule has 0 bridgehead atoms. The lowest BCUT2D eigenvalue weighted by atomic mass is 9.96. The van der Waals surface area contributed by atoms with Crippen molar-refractivity contribution < 1.29 is 9.63 Å². The molecule has 24 heavy (non-hydrogen) atoms. The average Bonchev–Trinajstić information content (AvgIpc) is 3.32. The van der Waals surface area contributed by atoms with Crippen LogP contribution in [0, 0.1) is 0 Å². The van der Waals surface area contributed by atoms with E-state index in [1.807, 2.05) is 6.07 Å². The van der Waals surface area contributed by atoms with E-state index in [1.54, 1.807) is 0 Å². The van der Waals surface area contributed by atoms with Crippen molar-refractivity contribution in [1.29, 1.82) is 0 Å². The predicted molar refractivity (Wildman–Crippen MR) is 91.6 cm³/mol. The van der Waals surface area contributed by atoms with Gasteiger partial charge >= 0.3 is 0 Å². The van der Waals surface area contributed by atoms with Crippen LogP contribution in [0.2, 0.25) is 0 Å². The van der Waals surface area contributed by atoms with Crippen molar-refractivity contribution >= 4 is 11.6 Å². The molecule has 1 aromatic carbocycles. The quantitative estimate of drug-likeness (QED) is 0.861. The summed E-state index contributed by atoms with van der Waals surface area (Å²) in [4.78, 5) is 20.4. The Balaban J connectivity index is 1.27. The molecular weight excluding hydrogens is 304 g/mol. The number of oxime groups is 1. The van der Waals surface area contributed by atoms with Crippen LogP contribution in [0.3, 0.4) is 0 Å². The number of amides is 1. The fraction of sp³-hybridized carbons (Fsp3) is 0.556. The summed E-state index contributed by atoms with van der Waals surface area (Å²) in [6.07, 6.45) is 2.52. The maximum atomic E-state index is 12.4. The van der Waals surface area contributed by atoms with Gasteiger partial charge in [0.2, 0.25) is 0 Å². The SMILES string of the molecule is O=C(N[C@H]1CCN(Cc2ccccc2)C1)C1=NOC2(CCNC2)C1. The van der Waals surface area contributed by atoms with E-state index in [4.69, 9.17) is 4.84 Å². The number of likely N-dealkylation sites (tertiary alicyclic amines) is 1. The molecule has 128 valence electrons. The lowest BCUT2D eigenvalue weighted by Gasteiger charge is -2.18. The first kappa shape index (κ1) is 15.6. The molecule has 1 amide bonds. The number of hydrogen-bond acceptors (Lipinski definition) is 5. The fourth-order valence-corrected chi connectivity index (χ4v) is 3.80. The van der Waals surface area contributed by atoms with E-state index in [9.17, 15) is 4.79 Å². The minimum atomic E-state index is -0.276. The van der Waals surface area contributed by atoms with Crippen LogP contribution in [-0.2, 0) is 16.2 Å². The summed E-state index contributed by atoms with van der Waals surface area (Å²) in [7, 11) is 0. The van der Waals surface area contributed by atoms with Gasteiger partial charge in [0.1, 0.15) is 5.71 Å². The molecule has 2 saturated heterocycles. The summed E-state index contributed by atoms with van der Waals surface area (Å²) in [6.45, 7) is 4.55. The van der Waals surface area contributed by atoms with Crippen molar-refractivity contribution in [3.05, 3.63) is 35.9 Å². The Morgan fingerprint density at radius 3 is 3.08 bits per heavy atom. The highest BCUT2D eigenvalue weighted by Crippen LogP contribution is 2.30. The molecule has 2 N–H and O–H groups in total. The van der Waals surface area contributed by atoms with Gasteiger partial charge in [-0.25, -0.2) is 0 Å². The second-order valence-corrected chi connectivity index (χ2v) is 7.10. The third kappa shape index (κ3) is 3.30. The molecule has 4 rings (SSSR count). The average molecular weight is 328 g/mol. The molecular formula is C18H24N4O2. The number of benzene rings is 1. The van der Waals surface area contributed by atoms with Gasteiger partial charge in [0, 0.05) is 45.1 Å². The number of nitrogens with zero attached hydrogens (tertiary/aromatic N) is 2. The Hall–Kier alpha value is -1.92. The molecule has 0 saturated carbocycles. The van der Waals surface area contributed by atoms with E-state index in [0.717, 1.165) is 45.6 Å². The van der Waals surface area contributed by atoms with Gasteiger partial charge in [-0.3, -0.25) is 9.69 Å². The van der Waals surface area contributed by atoms with Crippen LogP contribution in [0.4, 0.5) is 0 Å². The normalized spacial score (nSPS) is 29.7. The van der Waals surface area contributed by atoms with E-state index in [-0.39, 0.29) is 17.6 Å². The maximum Gasteiger partial charge on any atom is 0.269 e. The highest BCUT2D eigenvalue weighted by Gasteiger charge is 2.44. The topological polar surface area (TPSA) is 66.0 Å². The van der Waals surface area contributed by atoms with Gasteiger partial charge in [-0.15, -0.1) is 0 Å². The number of hydrogen-bond donors (Lipinski definition) is 2. The third-order valence-corrected chi connectivity index (χ3v) is 5.16. The zero-order valence-corrected chi connectivity index (χ0v) is 13.8. The molecule has 3 aliphatic rings. The Labute approximate surface area is 142 Å². The Bertz CT molecular complexity index is 625. The second kappa shape index (κ2) is 6.53. The van der Waals surface area contributed by atoms with Crippen LogP contribution in [0.5, 0.6) is 0 Å². The second-order valence-electron chi connectivity index (χ2n) is 7.10. The largest absolute Gasteiger partial charge is 0.387 e. The minimum Gasteiger partial charge on any atom is -0.387 e. The van der Waals surface area contributed by atoms with Crippen molar-refractivity contribution in [2.24, 2.45) is 5.16 Å². The zero-order valence-electron chi connectivity index (χ0n) is 13.8. The molecule has 1 aromatic rings. The van der Waals surface area contributed by atoms with Crippen LogP contribution in [0.25, 0.3) is 0 Å². The summed E-state index contributed by atoms with van der Waals surface area (Å²) >= 11 is 0. The molecule has 1 spiro atoms. The van der Waals surface area contributed by atoms with Crippen LogP contribution in [-0.4, -0.2) is 54.3 Å². The first-order valence-electron chi connectivity index (χ1n) is 8.75. The standard InChI is InChI=1S/C18H24N4O2/c23-17(16-10-18(24-21-16)7-8-19-13-18)20-15-6-9-22(12-15)11-14-4-2-1-3-5-14/h1-5,15,19H,6-13H2,(H,20,23)/t15-,18?/m0/s1. The van der Waals surface area contributed by atoms with Gasteiger partial charge < -0.3 is 15.5 Å². The summed E-state index contributed by atoms with van der Waals surface area (Å²) in [6, 6.07) is 10.7. The Morgan fingerprint density at radius 1 is 1.42 bits per heavy atom. The lowest BCUT2D eigenvalue weighted by Crippen LogP contribution is -2.42. The van der Waals surface area contributed by atoms with Crippen LogP contribution in [0.1, 0.15) is 24.8 Å². The summed E-state index contributed by atoms with van der Waals surface area (Å²) in [5.41, 5.74) is 1.58. The van der Waals surface area contributed by atoms with Crippen LogP contribution in [0.15, 0.2) is 35.5 Å². The number of carbonyl (C=O) groups excluding carboxylic acids is 1. The van der Waals surface area contributed by atoms with Crippen molar-refractivity contribution in [2.75, 3.05) is 26.2 Å². The fourth-order valence-electron chi connectivity index (χ4n) is 3.80. The number of carbonyl (C=O) groups is 1. The number of rotatable bonds is 4. The first-order chi connectivity index (χ1) is 11.7. The van der Waals surface area contributed by atoms with E-state index in [1.165, 1.54) is 5.56 Å². The molecule has 0 radical (unpaired) electrons. The van der Waals surface area contributed by atoms with Gasteiger partial charge in [0.15, 0.2) is 5.60 Å². The minimum absolute atomic E-state index is 0.0645. The van der Waals surface area contributed by atoms with Crippen molar-refractivity contribution in [2.45, 2.75) is 37.5 Å². The van der Waals surface area contributed by atoms with E-state index >= 15 is 0 Å². The third-order valence-electron chi connectivity index (χ3n) is 5.16. The zero-order chi connectivity index (χ0) is 16.4. The number of nitrogens with one attached hydrogen (secondary N) is 2. The van der Waals surface area contributed by atoms with E-state index in [0.29, 0.717) is 12.1 Å². The molecule has 0 aliphatic carbocycles. The van der Waals surface area contributed by atoms with Crippen LogP contribution < -0.4 is 10.6 Å². The highest BCUT2D eigenvalue weighted by atomic mass is 16.7. The molecule has 3 aliphatic heterocycles. The maximum absolute atomic E-state index is 12.4.